The summed E-state index contributed by atoms with van der Waals surface area (Å²) < 4.78 is 0.910. The van der Waals surface area contributed by atoms with Gasteiger partial charge in [0.1, 0.15) is 4.32 Å². The van der Waals surface area contributed by atoms with Crippen LogP contribution in [0.15, 0.2) is 0 Å². The molecule has 9 heavy (non-hydrogen) atoms. The molecular formula is C6H13NS2. The summed E-state index contributed by atoms with van der Waals surface area (Å²) in [6, 6.07) is 0. The molecule has 0 heterocycles. The van der Waals surface area contributed by atoms with Gasteiger partial charge >= 0.3 is 0 Å². The molecule has 0 fully saturated rings. The van der Waals surface area contributed by atoms with Crippen LogP contribution in [0.2, 0.25) is 0 Å². The minimum Gasteiger partial charge on any atom is -0.371 e. The molecule has 1 nitrogen and oxygen atoms in total. The van der Waals surface area contributed by atoms with E-state index in [1.807, 2.05) is 6.92 Å². The lowest BCUT2D eigenvalue weighted by Crippen LogP contribution is -2.18. The zero-order chi connectivity index (χ0) is 7.28. The quantitative estimate of drug-likeness (QED) is 0.626. The van der Waals surface area contributed by atoms with Gasteiger partial charge in [-0.2, -0.15) is 0 Å². The molecule has 3 heteroatoms. The Balaban J connectivity index is 3.27. The predicted molar refractivity (Wildman–Crippen MR) is 49.0 cm³/mol. The first-order valence-corrected chi connectivity index (χ1v) is 4.40. The Morgan fingerprint density at radius 2 is 2.22 bits per heavy atom. The summed E-state index contributed by atoms with van der Waals surface area (Å²) in [6.45, 7) is 7.24. The van der Waals surface area contributed by atoms with E-state index in [0.29, 0.717) is 5.25 Å². The van der Waals surface area contributed by atoms with E-state index >= 15 is 0 Å². The fourth-order valence-corrected chi connectivity index (χ4v) is 1.78. The van der Waals surface area contributed by atoms with Crippen molar-refractivity contribution in [2.45, 2.75) is 26.0 Å². The summed E-state index contributed by atoms with van der Waals surface area (Å²) in [5, 5.41) is 3.67. The number of rotatable bonds is 2. The summed E-state index contributed by atoms with van der Waals surface area (Å²) in [5.41, 5.74) is 0. The molecule has 0 aliphatic carbocycles. The van der Waals surface area contributed by atoms with Crippen molar-refractivity contribution in [3.63, 3.8) is 0 Å². The average molecular weight is 163 g/mol. The van der Waals surface area contributed by atoms with Crippen molar-refractivity contribution < 1.29 is 0 Å². The van der Waals surface area contributed by atoms with Gasteiger partial charge in [-0.1, -0.05) is 37.8 Å². The van der Waals surface area contributed by atoms with E-state index in [-0.39, 0.29) is 0 Å². The second-order valence-electron chi connectivity index (χ2n) is 1.98. The molecule has 0 bridgehead atoms. The van der Waals surface area contributed by atoms with Gasteiger partial charge in [-0.05, 0) is 6.92 Å². The largest absolute Gasteiger partial charge is 0.371 e. The van der Waals surface area contributed by atoms with Crippen molar-refractivity contribution in [2.75, 3.05) is 6.54 Å². The van der Waals surface area contributed by atoms with Gasteiger partial charge < -0.3 is 5.32 Å². The molecule has 0 rings (SSSR count). The topological polar surface area (TPSA) is 12.0 Å². The molecule has 0 spiro atoms. The molecule has 0 amide bonds. The fraction of sp³-hybridized carbons (Fsp3) is 0.833. The van der Waals surface area contributed by atoms with E-state index in [2.05, 4.69) is 19.2 Å². The van der Waals surface area contributed by atoms with Gasteiger partial charge in [0.05, 0.1) is 0 Å². The molecule has 0 aliphatic heterocycles. The van der Waals surface area contributed by atoms with Crippen molar-refractivity contribution in [3.05, 3.63) is 0 Å². The van der Waals surface area contributed by atoms with Gasteiger partial charge in [-0.15, -0.1) is 0 Å². The molecule has 0 unspecified atom stereocenters. The zero-order valence-electron chi connectivity index (χ0n) is 6.10. The van der Waals surface area contributed by atoms with E-state index in [0.717, 1.165) is 10.9 Å². The van der Waals surface area contributed by atoms with Crippen molar-refractivity contribution in [1.82, 2.24) is 5.32 Å². The summed E-state index contributed by atoms with van der Waals surface area (Å²) in [7, 11) is 0. The normalized spacial score (nSPS) is 9.78. The molecule has 0 aliphatic rings. The van der Waals surface area contributed by atoms with Crippen molar-refractivity contribution >= 4 is 28.3 Å². The van der Waals surface area contributed by atoms with Gasteiger partial charge in [0, 0.05) is 11.8 Å². The van der Waals surface area contributed by atoms with Gasteiger partial charge in [0.25, 0.3) is 0 Å². The second-order valence-corrected chi connectivity index (χ2v) is 4.24. The van der Waals surface area contributed by atoms with Crippen molar-refractivity contribution in [3.8, 4) is 0 Å². The third kappa shape index (κ3) is 6.12. The maximum absolute atomic E-state index is 4.98. The molecular weight excluding hydrogens is 150 g/mol. The van der Waals surface area contributed by atoms with E-state index in [9.17, 15) is 0 Å². The molecule has 1 N–H and O–H groups in total. The maximum atomic E-state index is 4.98. The maximum Gasteiger partial charge on any atom is 0.134 e. The lowest BCUT2D eigenvalue weighted by atomic mass is 10.6. The van der Waals surface area contributed by atoms with Crippen molar-refractivity contribution in [1.29, 1.82) is 0 Å². The first kappa shape index (κ1) is 9.24. The fourth-order valence-electron chi connectivity index (χ4n) is 0.400. The molecule has 0 aromatic rings. The Kier molecular flexibility index (Phi) is 5.19. The Morgan fingerprint density at radius 3 is 2.56 bits per heavy atom. The van der Waals surface area contributed by atoms with Crippen LogP contribution in [0.1, 0.15) is 20.8 Å². The Labute approximate surface area is 66.6 Å². The van der Waals surface area contributed by atoms with E-state index in [4.69, 9.17) is 12.2 Å². The molecule has 54 valence electrons. The molecule has 0 atom stereocenters. The van der Waals surface area contributed by atoms with Gasteiger partial charge in [-0.25, -0.2) is 0 Å². The summed E-state index contributed by atoms with van der Waals surface area (Å²) in [6.07, 6.45) is 0. The average Bonchev–Trinajstić information content (AvgIpc) is 1.63. The number of hydrogen-bond acceptors (Lipinski definition) is 2. The number of hydrogen-bond donors (Lipinski definition) is 1. The lowest BCUT2D eigenvalue weighted by Gasteiger charge is -2.05. The standard InChI is InChI=1S/C6H13NS2/c1-4-7-6(8)9-5(2)3/h5H,4H2,1-3H3,(H,7,8). The van der Waals surface area contributed by atoms with Crippen LogP contribution in [0, 0.1) is 0 Å². The van der Waals surface area contributed by atoms with E-state index in [1.165, 1.54) is 0 Å². The van der Waals surface area contributed by atoms with Crippen LogP contribution in [0.5, 0.6) is 0 Å². The Bertz CT molecular complexity index is 91.1. The number of thiocarbonyl (C=S) groups is 1. The van der Waals surface area contributed by atoms with E-state index in [1.54, 1.807) is 11.8 Å². The van der Waals surface area contributed by atoms with Crippen LogP contribution >= 0.6 is 24.0 Å². The van der Waals surface area contributed by atoms with Crippen LogP contribution in [0.25, 0.3) is 0 Å². The highest BCUT2D eigenvalue weighted by Gasteiger charge is 1.97. The monoisotopic (exact) mass is 163 g/mol. The van der Waals surface area contributed by atoms with Gasteiger partial charge in [0.2, 0.25) is 0 Å². The summed E-state index contributed by atoms with van der Waals surface area (Å²) in [4.78, 5) is 0. The predicted octanol–water partition coefficient (Wildman–Crippen LogP) is 2.02. The van der Waals surface area contributed by atoms with Crippen LogP contribution in [-0.4, -0.2) is 16.1 Å². The number of thioether (sulfide) groups is 1. The third-order valence-electron chi connectivity index (χ3n) is 0.664. The van der Waals surface area contributed by atoms with Crippen molar-refractivity contribution in [2.24, 2.45) is 0 Å². The van der Waals surface area contributed by atoms with E-state index < -0.39 is 0 Å². The van der Waals surface area contributed by atoms with Crippen LogP contribution in [0.3, 0.4) is 0 Å². The highest BCUT2D eigenvalue weighted by atomic mass is 32.2. The second kappa shape index (κ2) is 5.06. The highest BCUT2D eigenvalue weighted by Crippen LogP contribution is 2.09. The van der Waals surface area contributed by atoms with Gasteiger partial charge in [-0.3, -0.25) is 0 Å². The SMILES string of the molecule is CCNC(=S)SC(C)C. The van der Waals surface area contributed by atoms with Crippen LogP contribution in [0.4, 0.5) is 0 Å². The minimum absolute atomic E-state index is 0.594. The summed E-state index contributed by atoms with van der Waals surface area (Å²) >= 11 is 6.68. The Hall–Kier alpha value is 0.240. The molecule has 0 aromatic heterocycles. The Morgan fingerprint density at radius 1 is 1.67 bits per heavy atom. The highest BCUT2D eigenvalue weighted by molar-refractivity contribution is 8.23. The smallest absolute Gasteiger partial charge is 0.134 e. The molecule has 0 saturated carbocycles. The van der Waals surface area contributed by atoms with Gasteiger partial charge in [0.15, 0.2) is 0 Å². The zero-order valence-corrected chi connectivity index (χ0v) is 7.73. The molecule has 0 aromatic carbocycles. The minimum atomic E-state index is 0.594. The molecule has 0 radical (unpaired) electrons. The number of nitrogens with one attached hydrogen (secondary N) is 1. The molecule has 0 saturated heterocycles. The van der Waals surface area contributed by atoms with Crippen LogP contribution < -0.4 is 5.32 Å². The van der Waals surface area contributed by atoms with Crippen LogP contribution in [-0.2, 0) is 0 Å². The summed E-state index contributed by atoms with van der Waals surface area (Å²) in [5.74, 6) is 0. The first-order valence-electron chi connectivity index (χ1n) is 3.11. The third-order valence-corrected chi connectivity index (χ3v) is 1.93. The first-order chi connectivity index (χ1) is 4.16. The lowest BCUT2D eigenvalue weighted by molar-refractivity contribution is 0.993.